The molecule has 2 heterocycles. The summed E-state index contributed by atoms with van der Waals surface area (Å²) < 4.78 is 11.6. The highest BCUT2D eigenvalue weighted by molar-refractivity contribution is 6.30. The number of ether oxygens (including phenoxy) is 2. The highest BCUT2D eigenvalue weighted by Crippen LogP contribution is 2.46. The number of aromatic nitrogens is 2. The normalized spacial score (nSPS) is 14.8. The smallest absolute Gasteiger partial charge is 0.244 e. The topological polar surface area (TPSA) is 97.0 Å². The Morgan fingerprint density at radius 1 is 1.06 bits per heavy atom. The zero-order chi connectivity index (χ0) is 22.8. The molecule has 0 unspecified atom stereocenters. The minimum atomic E-state index is -0.458. The van der Waals surface area contributed by atoms with Gasteiger partial charge in [-0.3, -0.25) is 5.10 Å². The molecule has 6 nitrogen and oxygen atoms in total. The number of nitriles is 1. The Morgan fingerprint density at radius 2 is 1.85 bits per heavy atom. The summed E-state index contributed by atoms with van der Waals surface area (Å²) in [6.45, 7) is 0.486. The molecule has 0 saturated carbocycles. The Kier molecular flexibility index (Phi) is 5.47. The first kappa shape index (κ1) is 20.7. The van der Waals surface area contributed by atoms with Crippen LogP contribution in [0.3, 0.4) is 0 Å². The maximum Gasteiger partial charge on any atom is 0.244 e. The summed E-state index contributed by atoms with van der Waals surface area (Å²) in [6.07, 6.45) is 0. The standard InChI is InChI=1S/C26H19ClN4O2/c27-19-8-4-7-18(13-19)22-21(14-28)25(29)33-26-23(22)24(30-31-26)17-9-11-20(12-10-17)32-15-16-5-2-1-3-6-16/h1-13,22H,15,29H2,(H,30,31)/t22-/m0/s1. The van der Waals surface area contributed by atoms with E-state index in [1.807, 2.05) is 72.8 Å². The summed E-state index contributed by atoms with van der Waals surface area (Å²) in [6, 6.07) is 27.2. The first-order valence-corrected chi connectivity index (χ1v) is 10.7. The maximum absolute atomic E-state index is 9.83. The van der Waals surface area contributed by atoms with Crippen LogP contribution < -0.4 is 15.2 Å². The van der Waals surface area contributed by atoms with Crippen LogP contribution in [-0.2, 0) is 6.61 Å². The van der Waals surface area contributed by atoms with Crippen molar-refractivity contribution in [1.29, 1.82) is 5.26 Å². The van der Waals surface area contributed by atoms with Crippen molar-refractivity contribution in [2.45, 2.75) is 12.5 Å². The molecule has 0 fully saturated rings. The second kappa shape index (κ2) is 8.73. The molecule has 1 aliphatic rings. The third-order valence-corrected chi connectivity index (χ3v) is 5.75. The molecule has 4 aromatic rings. The highest BCUT2D eigenvalue weighted by Gasteiger charge is 2.35. The number of hydrogen-bond acceptors (Lipinski definition) is 5. The molecular formula is C26H19ClN4O2. The lowest BCUT2D eigenvalue weighted by Crippen LogP contribution is -2.21. The quantitative estimate of drug-likeness (QED) is 0.413. The van der Waals surface area contributed by atoms with E-state index in [0.717, 1.165) is 33.7 Å². The Morgan fingerprint density at radius 3 is 2.58 bits per heavy atom. The number of rotatable bonds is 5. The number of nitrogens with one attached hydrogen (secondary N) is 1. The second-order valence-electron chi connectivity index (χ2n) is 7.60. The minimum absolute atomic E-state index is 0.0395. The molecule has 0 bridgehead atoms. The number of allylic oxidation sites excluding steroid dienone is 1. The average Bonchev–Trinajstić information content (AvgIpc) is 3.26. The molecule has 5 rings (SSSR count). The van der Waals surface area contributed by atoms with Gasteiger partial charge in [0.15, 0.2) is 0 Å². The summed E-state index contributed by atoms with van der Waals surface area (Å²) >= 11 is 6.24. The third kappa shape index (κ3) is 4.02. The van der Waals surface area contributed by atoms with Crippen LogP contribution in [0.5, 0.6) is 11.6 Å². The highest BCUT2D eigenvalue weighted by atomic mass is 35.5. The van der Waals surface area contributed by atoms with E-state index in [4.69, 9.17) is 26.8 Å². The Labute approximate surface area is 195 Å². The fourth-order valence-corrected chi connectivity index (χ4v) is 4.14. The predicted molar refractivity (Wildman–Crippen MR) is 126 cm³/mol. The van der Waals surface area contributed by atoms with Crippen LogP contribution in [0.25, 0.3) is 11.3 Å². The zero-order valence-corrected chi connectivity index (χ0v) is 18.2. The first-order valence-electron chi connectivity index (χ1n) is 10.3. The lowest BCUT2D eigenvalue weighted by atomic mass is 9.83. The first-order chi connectivity index (χ1) is 16.1. The van der Waals surface area contributed by atoms with Crippen LogP contribution in [0, 0.1) is 11.3 Å². The van der Waals surface area contributed by atoms with E-state index in [-0.39, 0.29) is 5.88 Å². The second-order valence-corrected chi connectivity index (χ2v) is 8.03. The van der Waals surface area contributed by atoms with E-state index in [9.17, 15) is 5.26 Å². The van der Waals surface area contributed by atoms with Crippen LogP contribution in [0.2, 0.25) is 5.02 Å². The van der Waals surface area contributed by atoms with Gasteiger partial charge in [0.1, 0.15) is 24.0 Å². The molecule has 3 N–H and O–H groups in total. The molecule has 7 heteroatoms. The van der Waals surface area contributed by atoms with Gasteiger partial charge in [-0.1, -0.05) is 54.1 Å². The van der Waals surface area contributed by atoms with Crippen LogP contribution in [-0.4, -0.2) is 10.2 Å². The summed E-state index contributed by atoms with van der Waals surface area (Å²) in [5, 5.41) is 17.8. The van der Waals surface area contributed by atoms with Crippen molar-refractivity contribution in [3.63, 3.8) is 0 Å². The van der Waals surface area contributed by atoms with Gasteiger partial charge in [-0.15, -0.1) is 5.10 Å². The number of aromatic amines is 1. The van der Waals surface area contributed by atoms with Crippen molar-refractivity contribution in [1.82, 2.24) is 10.2 Å². The Hall–Kier alpha value is -4.21. The molecule has 0 saturated heterocycles. The van der Waals surface area contributed by atoms with Gasteiger partial charge in [0.25, 0.3) is 0 Å². The van der Waals surface area contributed by atoms with E-state index < -0.39 is 5.92 Å². The maximum atomic E-state index is 9.83. The van der Waals surface area contributed by atoms with Gasteiger partial charge in [-0.2, -0.15) is 5.26 Å². The van der Waals surface area contributed by atoms with E-state index >= 15 is 0 Å². The fourth-order valence-electron chi connectivity index (χ4n) is 3.94. The number of benzene rings is 3. The molecule has 0 spiro atoms. The molecule has 1 atom stereocenters. The van der Waals surface area contributed by atoms with E-state index in [0.29, 0.717) is 23.1 Å². The molecule has 33 heavy (non-hydrogen) atoms. The zero-order valence-electron chi connectivity index (χ0n) is 17.5. The molecule has 1 aromatic heterocycles. The van der Waals surface area contributed by atoms with Crippen molar-refractivity contribution < 1.29 is 9.47 Å². The van der Waals surface area contributed by atoms with Crippen LogP contribution in [0.15, 0.2) is 90.3 Å². The lowest BCUT2D eigenvalue weighted by molar-refractivity contribution is 0.306. The van der Waals surface area contributed by atoms with Crippen LogP contribution in [0.1, 0.15) is 22.6 Å². The largest absolute Gasteiger partial charge is 0.489 e. The number of nitrogens with two attached hydrogens (primary N) is 1. The lowest BCUT2D eigenvalue weighted by Gasteiger charge is -2.24. The van der Waals surface area contributed by atoms with Gasteiger partial charge in [0.2, 0.25) is 11.8 Å². The van der Waals surface area contributed by atoms with Gasteiger partial charge in [0, 0.05) is 10.6 Å². The van der Waals surface area contributed by atoms with Crippen molar-refractivity contribution in [2.75, 3.05) is 0 Å². The Bertz CT molecular complexity index is 1370. The van der Waals surface area contributed by atoms with Gasteiger partial charge < -0.3 is 15.2 Å². The number of H-pyrrole nitrogens is 1. The summed E-state index contributed by atoms with van der Waals surface area (Å²) in [5.41, 5.74) is 10.6. The summed E-state index contributed by atoms with van der Waals surface area (Å²) in [4.78, 5) is 0. The molecule has 162 valence electrons. The van der Waals surface area contributed by atoms with E-state index in [1.165, 1.54) is 0 Å². The predicted octanol–water partition coefficient (Wildman–Crippen LogP) is 5.53. The van der Waals surface area contributed by atoms with Crippen molar-refractivity contribution in [3.8, 4) is 29.0 Å². The summed E-state index contributed by atoms with van der Waals surface area (Å²) in [7, 11) is 0. The van der Waals surface area contributed by atoms with Crippen LogP contribution in [0.4, 0.5) is 0 Å². The summed E-state index contributed by atoms with van der Waals surface area (Å²) in [5.74, 6) is 0.675. The van der Waals surface area contributed by atoms with Crippen molar-refractivity contribution >= 4 is 11.6 Å². The fraction of sp³-hybridized carbons (Fsp3) is 0.0769. The van der Waals surface area contributed by atoms with Gasteiger partial charge in [-0.25, -0.2) is 0 Å². The molecule has 0 aliphatic carbocycles. The van der Waals surface area contributed by atoms with Crippen LogP contribution >= 0.6 is 11.6 Å². The third-order valence-electron chi connectivity index (χ3n) is 5.51. The van der Waals surface area contributed by atoms with Gasteiger partial charge in [0.05, 0.1) is 17.2 Å². The van der Waals surface area contributed by atoms with Crippen molar-refractivity contribution in [3.05, 3.63) is 112 Å². The van der Waals surface area contributed by atoms with E-state index in [2.05, 4.69) is 16.3 Å². The van der Waals surface area contributed by atoms with E-state index in [1.54, 1.807) is 6.07 Å². The molecule has 3 aromatic carbocycles. The number of nitrogens with zero attached hydrogens (tertiary/aromatic N) is 2. The van der Waals surface area contributed by atoms with Gasteiger partial charge >= 0.3 is 0 Å². The number of halogens is 1. The average molecular weight is 455 g/mol. The molecule has 0 radical (unpaired) electrons. The monoisotopic (exact) mass is 454 g/mol. The van der Waals surface area contributed by atoms with Gasteiger partial charge in [-0.05, 0) is 47.5 Å². The number of fused-ring (bicyclic) bond motifs is 1. The van der Waals surface area contributed by atoms with Crippen molar-refractivity contribution in [2.24, 2.45) is 5.73 Å². The molecule has 1 aliphatic heterocycles. The molecular weight excluding hydrogens is 436 g/mol. The minimum Gasteiger partial charge on any atom is -0.489 e. The SMILES string of the molecule is N#CC1=C(N)Oc2n[nH]c(-c3ccc(OCc4ccccc4)cc3)c2[C@H]1c1cccc(Cl)c1. The Balaban J connectivity index is 1.49. The number of hydrogen-bond donors (Lipinski definition) is 2. The molecule has 0 amide bonds.